The molecule has 1 aliphatic carbocycles. The average molecular weight is 238 g/mol. The van der Waals surface area contributed by atoms with Gasteiger partial charge in [-0.15, -0.1) is 0 Å². The largest absolute Gasteiger partial charge is 0.356 e. The van der Waals surface area contributed by atoms with Gasteiger partial charge in [-0.1, -0.05) is 17.3 Å². The number of primary sulfonamides is 1. The summed E-state index contributed by atoms with van der Waals surface area (Å²) in [6, 6.07) is 7.19. The number of aromatic nitrogens is 1. The van der Waals surface area contributed by atoms with Crippen LogP contribution in [0.4, 0.5) is 0 Å². The molecule has 1 aromatic carbocycles. The van der Waals surface area contributed by atoms with Crippen molar-refractivity contribution in [3.05, 3.63) is 30.0 Å². The van der Waals surface area contributed by atoms with E-state index in [9.17, 15) is 8.42 Å². The van der Waals surface area contributed by atoms with Crippen molar-refractivity contribution >= 4 is 21.0 Å². The van der Waals surface area contributed by atoms with Crippen molar-refractivity contribution < 1.29 is 12.9 Å². The lowest BCUT2D eigenvalue weighted by Gasteiger charge is -2.08. The van der Waals surface area contributed by atoms with Crippen molar-refractivity contribution in [2.75, 3.05) is 0 Å². The molecule has 5 nitrogen and oxygen atoms in total. The van der Waals surface area contributed by atoms with Gasteiger partial charge in [0.05, 0.1) is 0 Å². The zero-order valence-corrected chi connectivity index (χ0v) is 9.20. The van der Waals surface area contributed by atoms with Gasteiger partial charge in [-0.3, -0.25) is 0 Å². The number of rotatable bonds is 2. The van der Waals surface area contributed by atoms with Crippen LogP contribution in [-0.2, 0) is 14.8 Å². The molecule has 84 valence electrons. The third kappa shape index (κ3) is 1.14. The van der Waals surface area contributed by atoms with E-state index in [-0.39, 0.29) is 0 Å². The minimum atomic E-state index is -3.63. The summed E-state index contributed by atoms with van der Waals surface area (Å²) in [5.74, 6) is 0. The number of fused-ring (bicyclic) bond motifs is 1. The third-order valence-corrected chi connectivity index (χ3v) is 4.75. The number of hydrogen-bond donors (Lipinski definition) is 1. The fourth-order valence-corrected chi connectivity index (χ4v) is 3.07. The van der Waals surface area contributed by atoms with E-state index in [0.29, 0.717) is 24.1 Å². The van der Waals surface area contributed by atoms with Crippen molar-refractivity contribution in [2.45, 2.75) is 17.6 Å². The van der Waals surface area contributed by atoms with Crippen LogP contribution < -0.4 is 5.14 Å². The normalized spacial score (nSPS) is 18.8. The predicted molar refractivity (Wildman–Crippen MR) is 58.0 cm³/mol. The van der Waals surface area contributed by atoms with Crippen molar-refractivity contribution in [3.63, 3.8) is 0 Å². The highest BCUT2D eigenvalue weighted by molar-refractivity contribution is 7.90. The molecular weight excluding hydrogens is 228 g/mol. The van der Waals surface area contributed by atoms with Crippen LogP contribution in [0.5, 0.6) is 0 Å². The molecule has 2 N–H and O–H groups in total. The Morgan fingerprint density at radius 1 is 1.31 bits per heavy atom. The molecular formula is C10H10N2O3S. The lowest BCUT2D eigenvalue weighted by molar-refractivity contribution is 0.442. The SMILES string of the molecule is NS(=O)(=O)C1(c2noc3ccccc23)CC1. The van der Waals surface area contributed by atoms with Gasteiger partial charge in [-0.25, -0.2) is 13.6 Å². The van der Waals surface area contributed by atoms with Gasteiger partial charge < -0.3 is 4.52 Å². The second kappa shape index (κ2) is 2.83. The van der Waals surface area contributed by atoms with Gasteiger partial charge in [0.1, 0.15) is 10.4 Å². The Morgan fingerprint density at radius 3 is 2.62 bits per heavy atom. The molecule has 1 aliphatic rings. The van der Waals surface area contributed by atoms with Crippen molar-refractivity contribution in [1.29, 1.82) is 0 Å². The molecule has 1 aromatic heterocycles. The average Bonchev–Trinajstić information content (AvgIpc) is 2.93. The van der Waals surface area contributed by atoms with E-state index in [1.807, 2.05) is 12.1 Å². The summed E-state index contributed by atoms with van der Waals surface area (Å²) in [5.41, 5.74) is 1.04. The second-order valence-electron chi connectivity index (χ2n) is 4.07. The summed E-state index contributed by atoms with van der Waals surface area (Å²) < 4.78 is 27.2. The van der Waals surface area contributed by atoms with Gasteiger partial charge in [0.2, 0.25) is 10.0 Å². The molecule has 16 heavy (non-hydrogen) atoms. The summed E-state index contributed by atoms with van der Waals surface area (Å²) >= 11 is 0. The second-order valence-corrected chi connectivity index (χ2v) is 5.94. The number of nitrogens with zero attached hydrogens (tertiary/aromatic N) is 1. The van der Waals surface area contributed by atoms with Crippen LogP contribution in [0.1, 0.15) is 18.5 Å². The molecule has 0 radical (unpaired) electrons. The van der Waals surface area contributed by atoms with Gasteiger partial charge in [-0.05, 0) is 25.0 Å². The lowest BCUT2D eigenvalue weighted by Crippen LogP contribution is -2.28. The summed E-state index contributed by atoms with van der Waals surface area (Å²) in [6.07, 6.45) is 1.03. The van der Waals surface area contributed by atoms with Gasteiger partial charge in [0, 0.05) is 5.39 Å². The third-order valence-electron chi connectivity index (χ3n) is 3.06. The van der Waals surface area contributed by atoms with Crippen LogP contribution in [0.25, 0.3) is 11.0 Å². The van der Waals surface area contributed by atoms with E-state index in [2.05, 4.69) is 5.16 Å². The van der Waals surface area contributed by atoms with Gasteiger partial charge in [0.15, 0.2) is 5.58 Å². The number of sulfonamides is 1. The Bertz CT molecular complexity index is 656. The zero-order chi connectivity index (χ0) is 11.4. The molecule has 0 aliphatic heterocycles. The van der Waals surface area contributed by atoms with E-state index in [4.69, 9.17) is 9.66 Å². The van der Waals surface area contributed by atoms with Crippen molar-refractivity contribution in [2.24, 2.45) is 5.14 Å². The summed E-state index contributed by atoms with van der Waals surface area (Å²) in [4.78, 5) is 0. The summed E-state index contributed by atoms with van der Waals surface area (Å²) in [7, 11) is -3.63. The molecule has 2 aromatic rings. The standard InChI is InChI=1S/C10H10N2O3S/c11-16(13,14)10(5-6-10)9-7-3-1-2-4-8(7)15-12-9/h1-4H,5-6H2,(H2,11,13,14). The van der Waals surface area contributed by atoms with E-state index in [1.165, 1.54) is 0 Å². The zero-order valence-electron chi connectivity index (χ0n) is 8.38. The van der Waals surface area contributed by atoms with E-state index in [1.54, 1.807) is 12.1 Å². The molecule has 6 heteroatoms. The predicted octanol–water partition coefficient (Wildman–Crippen LogP) is 1.11. The molecule has 0 saturated heterocycles. The number of benzene rings is 1. The van der Waals surface area contributed by atoms with Crippen LogP contribution in [0.2, 0.25) is 0 Å². The fraction of sp³-hybridized carbons (Fsp3) is 0.300. The first-order chi connectivity index (χ1) is 7.55. The van der Waals surface area contributed by atoms with Crippen molar-refractivity contribution in [3.8, 4) is 0 Å². The minimum absolute atomic E-state index is 0.450. The first-order valence-corrected chi connectivity index (χ1v) is 6.46. The van der Waals surface area contributed by atoms with Gasteiger partial charge in [0.25, 0.3) is 0 Å². The Balaban J connectivity index is 2.29. The fourth-order valence-electron chi connectivity index (χ4n) is 1.98. The summed E-state index contributed by atoms with van der Waals surface area (Å²) in [5, 5.41) is 9.84. The molecule has 0 bridgehead atoms. The number of hydrogen-bond acceptors (Lipinski definition) is 4. The summed E-state index contributed by atoms with van der Waals surface area (Å²) in [6.45, 7) is 0. The van der Waals surface area contributed by atoms with E-state index in [0.717, 1.165) is 5.39 Å². The highest BCUT2D eigenvalue weighted by atomic mass is 32.2. The van der Waals surface area contributed by atoms with Crippen LogP contribution in [-0.4, -0.2) is 13.6 Å². The molecule has 1 heterocycles. The maximum atomic E-state index is 11.6. The first kappa shape index (κ1) is 9.80. The Morgan fingerprint density at radius 2 is 2.00 bits per heavy atom. The monoisotopic (exact) mass is 238 g/mol. The molecule has 0 amide bonds. The number of nitrogens with two attached hydrogens (primary N) is 1. The molecule has 0 unspecified atom stereocenters. The number of para-hydroxylation sites is 1. The molecule has 1 fully saturated rings. The van der Waals surface area contributed by atoms with Crippen LogP contribution in [0, 0.1) is 0 Å². The Hall–Kier alpha value is -1.40. The van der Waals surface area contributed by atoms with E-state index >= 15 is 0 Å². The van der Waals surface area contributed by atoms with Crippen LogP contribution >= 0.6 is 0 Å². The Labute approximate surface area is 92.3 Å². The molecule has 3 rings (SSSR count). The first-order valence-electron chi connectivity index (χ1n) is 4.92. The smallest absolute Gasteiger partial charge is 0.220 e. The Kier molecular flexibility index (Phi) is 1.74. The van der Waals surface area contributed by atoms with E-state index < -0.39 is 14.8 Å². The highest BCUT2D eigenvalue weighted by Gasteiger charge is 2.57. The minimum Gasteiger partial charge on any atom is -0.356 e. The van der Waals surface area contributed by atoms with Gasteiger partial charge >= 0.3 is 0 Å². The molecule has 0 atom stereocenters. The maximum absolute atomic E-state index is 11.6. The maximum Gasteiger partial charge on any atom is 0.220 e. The van der Waals surface area contributed by atoms with Crippen molar-refractivity contribution in [1.82, 2.24) is 5.16 Å². The van der Waals surface area contributed by atoms with Crippen LogP contribution in [0.15, 0.2) is 28.8 Å². The topological polar surface area (TPSA) is 86.2 Å². The lowest BCUT2D eigenvalue weighted by atomic mass is 10.1. The quantitative estimate of drug-likeness (QED) is 0.848. The molecule has 1 saturated carbocycles. The molecule has 0 spiro atoms. The highest BCUT2D eigenvalue weighted by Crippen LogP contribution is 2.52. The van der Waals surface area contributed by atoms with Crippen LogP contribution in [0.3, 0.4) is 0 Å². The van der Waals surface area contributed by atoms with Gasteiger partial charge in [-0.2, -0.15) is 0 Å².